The highest BCUT2D eigenvalue weighted by Gasteiger charge is 2.16. The molecule has 0 aliphatic heterocycles. The summed E-state index contributed by atoms with van der Waals surface area (Å²) in [6.07, 6.45) is 0. The number of benzene rings is 1. The number of rotatable bonds is 5. The van der Waals surface area contributed by atoms with Crippen molar-refractivity contribution < 1.29 is 9.53 Å². The van der Waals surface area contributed by atoms with E-state index in [0.29, 0.717) is 6.54 Å². The van der Waals surface area contributed by atoms with Crippen LogP contribution < -0.4 is 15.8 Å². The zero-order valence-corrected chi connectivity index (χ0v) is 11.5. The third kappa shape index (κ3) is 3.74. The second kappa shape index (κ2) is 6.40. The number of amides is 1. The molecular weight excluding hydrogens is 228 g/mol. The van der Waals surface area contributed by atoms with Crippen LogP contribution in [0.5, 0.6) is 5.75 Å². The Morgan fingerprint density at radius 2 is 2.11 bits per heavy atom. The normalized spacial score (nSPS) is 13.8. The molecule has 0 fully saturated rings. The number of carbonyl (C=O) groups is 1. The smallest absolute Gasteiger partial charge is 0.224 e. The molecule has 4 heteroatoms. The van der Waals surface area contributed by atoms with Crippen LogP contribution in [0.2, 0.25) is 0 Å². The second-order valence-corrected chi connectivity index (χ2v) is 4.68. The van der Waals surface area contributed by atoms with Crippen molar-refractivity contribution in [2.24, 2.45) is 11.7 Å². The average molecular weight is 250 g/mol. The van der Waals surface area contributed by atoms with Crippen molar-refractivity contribution in [3.63, 3.8) is 0 Å². The van der Waals surface area contributed by atoms with Gasteiger partial charge in [-0.2, -0.15) is 0 Å². The van der Waals surface area contributed by atoms with Gasteiger partial charge in [-0.3, -0.25) is 4.79 Å². The molecule has 0 aliphatic carbocycles. The second-order valence-electron chi connectivity index (χ2n) is 4.68. The molecule has 2 atom stereocenters. The van der Waals surface area contributed by atoms with Gasteiger partial charge in [0.15, 0.2) is 0 Å². The fourth-order valence-corrected chi connectivity index (χ4v) is 1.58. The monoisotopic (exact) mass is 250 g/mol. The molecule has 100 valence electrons. The van der Waals surface area contributed by atoms with Gasteiger partial charge in [0.25, 0.3) is 0 Å². The molecular formula is C14H22N2O2. The quantitative estimate of drug-likeness (QED) is 0.834. The highest BCUT2D eigenvalue weighted by molar-refractivity contribution is 5.78. The van der Waals surface area contributed by atoms with Crippen LogP contribution in [0.15, 0.2) is 18.2 Å². The molecule has 0 aromatic heterocycles. The molecule has 1 aromatic carbocycles. The molecule has 0 saturated carbocycles. The first-order valence-corrected chi connectivity index (χ1v) is 6.12. The largest absolute Gasteiger partial charge is 0.496 e. The van der Waals surface area contributed by atoms with Crippen molar-refractivity contribution in [2.45, 2.75) is 33.4 Å². The van der Waals surface area contributed by atoms with Crippen molar-refractivity contribution in [3.8, 4) is 5.75 Å². The Kier molecular flexibility index (Phi) is 5.16. The van der Waals surface area contributed by atoms with Crippen LogP contribution in [-0.4, -0.2) is 19.1 Å². The molecule has 0 saturated heterocycles. The maximum Gasteiger partial charge on any atom is 0.224 e. The number of carbonyl (C=O) groups excluding carboxylic acids is 1. The predicted molar refractivity (Wildman–Crippen MR) is 72.4 cm³/mol. The molecule has 1 rings (SSSR count). The molecule has 0 aliphatic rings. The molecule has 0 bridgehead atoms. The average Bonchev–Trinajstić information content (AvgIpc) is 2.35. The van der Waals surface area contributed by atoms with E-state index in [2.05, 4.69) is 5.32 Å². The van der Waals surface area contributed by atoms with E-state index in [1.165, 1.54) is 0 Å². The van der Waals surface area contributed by atoms with E-state index in [4.69, 9.17) is 10.5 Å². The van der Waals surface area contributed by atoms with Gasteiger partial charge in [-0.15, -0.1) is 0 Å². The van der Waals surface area contributed by atoms with Crippen molar-refractivity contribution in [1.82, 2.24) is 5.32 Å². The summed E-state index contributed by atoms with van der Waals surface area (Å²) in [5.41, 5.74) is 7.79. The van der Waals surface area contributed by atoms with Gasteiger partial charge in [0.1, 0.15) is 5.75 Å². The molecule has 18 heavy (non-hydrogen) atoms. The van der Waals surface area contributed by atoms with E-state index < -0.39 is 0 Å². The summed E-state index contributed by atoms with van der Waals surface area (Å²) in [4.78, 5) is 11.8. The van der Waals surface area contributed by atoms with Crippen LogP contribution >= 0.6 is 0 Å². The fraction of sp³-hybridized carbons (Fsp3) is 0.500. The standard InChI is InChI=1S/C14H22N2O2/c1-9-5-6-12(13(7-9)18-4)8-16-14(17)10(2)11(3)15/h5-7,10-11H,8,15H2,1-4H3,(H,16,17). The summed E-state index contributed by atoms with van der Waals surface area (Å²) in [6, 6.07) is 5.77. The minimum atomic E-state index is -0.193. The van der Waals surface area contributed by atoms with Crippen molar-refractivity contribution in [1.29, 1.82) is 0 Å². The Balaban J connectivity index is 2.66. The molecule has 1 amide bonds. The van der Waals surface area contributed by atoms with Crippen molar-refractivity contribution in [3.05, 3.63) is 29.3 Å². The maximum atomic E-state index is 11.8. The minimum absolute atomic E-state index is 0.0346. The summed E-state index contributed by atoms with van der Waals surface area (Å²) < 4.78 is 5.29. The lowest BCUT2D eigenvalue weighted by molar-refractivity contribution is -0.125. The number of nitrogens with two attached hydrogens (primary N) is 1. The number of nitrogens with one attached hydrogen (secondary N) is 1. The Hall–Kier alpha value is -1.55. The lowest BCUT2D eigenvalue weighted by atomic mass is 10.0. The molecule has 4 nitrogen and oxygen atoms in total. The minimum Gasteiger partial charge on any atom is -0.496 e. The SMILES string of the molecule is COc1cc(C)ccc1CNC(=O)C(C)C(C)N. The topological polar surface area (TPSA) is 64.3 Å². The number of aryl methyl sites for hydroxylation is 1. The van der Waals surface area contributed by atoms with Gasteiger partial charge in [-0.05, 0) is 25.5 Å². The van der Waals surface area contributed by atoms with E-state index in [1.807, 2.05) is 39.0 Å². The molecule has 1 aromatic rings. The van der Waals surface area contributed by atoms with E-state index in [9.17, 15) is 4.79 Å². The first-order chi connectivity index (χ1) is 8.45. The summed E-state index contributed by atoms with van der Waals surface area (Å²) in [7, 11) is 1.63. The number of hydrogen-bond acceptors (Lipinski definition) is 3. The first kappa shape index (κ1) is 14.5. The van der Waals surface area contributed by atoms with E-state index >= 15 is 0 Å². The highest BCUT2D eigenvalue weighted by atomic mass is 16.5. The summed E-state index contributed by atoms with van der Waals surface area (Å²) in [5.74, 6) is 0.567. The van der Waals surface area contributed by atoms with Crippen molar-refractivity contribution >= 4 is 5.91 Å². The Bertz CT molecular complexity index is 416. The van der Waals surface area contributed by atoms with Gasteiger partial charge in [0, 0.05) is 24.1 Å². The molecule has 0 heterocycles. The number of methoxy groups -OCH3 is 1. The zero-order valence-electron chi connectivity index (χ0n) is 11.5. The summed E-state index contributed by atoms with van der Waals surface area (Å²) >= 11 is 0. The summed E-state index contributed by atoms with van der Waals surface area (Å²) in [6.45, 7) is 6.12. The number of ether oxygens (including phenoxy) is 1. The van der Waals surface area contributed by atoms with Crippen LogP contribution in [0, 0.1) is 12.8 Å². The Morgan fingerprint density at radius 1 is 1.44 bits per heavy atom. The van der Waals surface area contributed by atoms with Gasteiger partial charge < -0.3 is 15.8 Å². The number of hydrogen-bond donors (Lipinski definition) is 2. The zero-order chi connectivity index (χ0) is 13.7. The lowest BCUT2D eigenvalue weighted by Gasteiger charge is -2.16. The van der Waals surface area contributed by atoms with Crippen LogP contribution in [0.4, 0.5) is 0 Å². The van der Waals surface area contributed by atoms with Gasteiger partial charge in [0.2, 0.25) is 5.91 Å². The Labute approximate surface area is 109 Å². The first-order valence-electron chi connectivity index (χ1n) is 6.12. The molecule has 2 unspecified atom stereocenters. The van der Waals surface area contributed by atoms with Gasteiger partial charge in [0.05, 0.1) is 7.11 Å². The predicted octanol–water partition coefficient (Wildman–Crippen LogP) is 1.60. The van der Waals surface area contributed by atoms with Crippen LogP contribution in [0.3, 0.4) is 0 Å². The van der Waals surface area contributed by atoms with Crippen LogP contribution in [0.25, 0.3) is 0 Å². The van der Waals surface area contributed by atoms with E-state index in [1.54, 1.807) is 7.11 Å². The highest BCUT2D eigenvalue weighted by Crippen LogP contribution is 2.19. The lowest BCUT2D eigenvalue weighted by Crippen LogP contribution is -2.38. The van der Waals surface area contributed by atoms with Gasteiger partial charge in [-0.25, -0.2) is 0 Å². The van der Waals surface area contributed by atoms with Crippen LogP contribution in [-0.2, 0) is 11.3 Å². The summed E-state index contributed by atoms with van der Waals surface area (Å²) in [5, 5.41) is 2.88. The van der Waals surface area contributed by atoms with Crippen LogP contribution in [0.1, 0.15) is 25.0 Å². The molecule has 0 radical (unpaired) electrons. The third-order valence-electron chi connectivity index (χ3n) is 3.10. The Morgan fingerprint density at radius 3 is 2.67 bits per heavy atom. The third-order valence-corrected chi connectivity index (χ3v) is 3.10. The maximum absolute atomic E-state index is 11.8. The molecule has 3 N–H and O–H groups in total. The van der Waals surface area contributed by atoms with Gasteiger partial charge >= 0.3 is 0 Å². The fourth-order valence-electron chi connectivity index (χ4n) is 1.58. The van der Waals surface area contributed by atoms with E-state index in [-0.39, 0.29) is 17.9 Å². The van der Waals surface area contributed by atoms with Gasteiger partial charge in [-0.1, -0.05) is 19.1 Å². The van der Waals surface area contributed by atoms with Crippen molar-refractivity contribution in [2.75, 3.05) is 7.11 Å². The molecule has 0 spiro atoms. The van der Waals surface area contributed by atoms with E-state index in [0.717, 1.165) is 16.9 Å².